The van der Waals surface area contributed by atoms with Crippen molar-refractivity contribution in [2.75, 3.05) is 6.54 Å². The van der Waals surface area contributed by atoms with Crippen LogP contribution in [0.5, 0.6) is 0 Å². The molecule has 4 nitrogen and oxygen atoms in total. The summed E-state index contributed by atoms with van der Waals surface area (Å²) >= 11 is 3.36. The Hall–Kier alpha value is -1.36. The zero-order valence-electron chi connectivity index (χ0n) is 12.6. The highest BCUT2D eigenvalue weighted by Crippen LogP contribution is 2.26. The van der Waals surface area contributed by atoms with Gasteiger partial charge in [0.15, 0.2) is 0 Å². The second kappa shape index (κ2) is 7.59. The van der Waals surface area contributed by atoms with Gasteiger partial charge < -0.3 is 10.4 Å². The lowest BCUT2D eigenvalue weighted by Gasteiger charge is -2.27. The molecule has 0 aliphatic heterocycles. The van der Waals surface area contributed by atoms with E-state index in [1.807, 2.05) is 45.0 Å². The zero-order valence-corrected chi connectivity index (χ0v) is 14.2. The van der Waals surface area contributed by atoms with Crippen LogP contribution in [0.3, 0.4) is 0 Å². The summed E-state index contributed by atoms with van der Waals surface area (Å²) in [5.74, 6) is -1.31. The van der Waals surface area contributed by atoms with E-state index in [9.17, 15) is 14.7 Å². The third kappa shape index (κ3) is 4.30. The summed E-state index contributed by atoms with van der Waals surface area (Å²) < 4.78 is 0.959. The van der Waals surface area contributed by atoms with Gasteiger partial charge in [-0.3, -0.25) is 9.59 Å². The molecular weight excluding hydrogens is 334 g/mol. The smallest absolute Gasteiger partial charge is 0.311 e. The maximum Gasteiger partial charge on any atom is 0.311 e. The predicted molar refractivity (Wildman–Crippen MR) is 86.2 cm³/mol. The van der Waals surface area contributed by atoms with E-state index in [4.69, 9.17) is 0 Å². The van der Waals surface area contributed by atoms with Gasteiger partial charge in [0.05, 0.1) is 11.3 Å². The Bertz CT molecular complexity index is 495. The summed E-state index contributed by atoms with van der Waals surface area (Å²) in [5.41, 5.74) is 0.0272. The monoisotopic (exact) mass is 355 g/mol. The zero-order chi connectivity index (χ0) is 16.0. The molecule has 1 atom stereocenters. The lowest BCUT2D eigenvalue weighted by Crippen LogP contribution is -2.43. The quantitative estimate of drug-likeness (QED) is 0.785. The third-order valence-corrected chi connectivity index (χ3v) is 4.70. The molecule has 1 aromatic carbocycles. The van der Waals surface area contributed by atoms with Crippen LogP contribution in [0.25, 0.3) is 0 Å². The second-order valence-corrected chi connectivity index (χ2v) is 6.20. The summed E-state index contributed by atoms with van der Waals surface area (Å²) in [7, 11) is 0. The molecule has 0 heterocycles. The number of nitrogens with one attached hydrogen (secondary N) is 1. The summed E-state index contributed by atoms with van der Waals surface area (Å²) in [6.07, 6.45) is 0.984. The molecule has 0 saturated heterocycles. The molecule has 0 radical (unpaired) electrons. The number of amides is 1. The molecule has 0 spiro atoms. The lowest BCUT2D eigenvalue weighted by molar-refractivity contribution is -0.149. The number of rotatable bonds is 7. The average Bonchev–Trinajstić information content (AvgIpc) is 2.48. The molecular formula is C16H22BrNO3. The first-order valence-electron chi connectivity index (χ1n) is 7.13. The van der Waals surface area contributed by atoms with Crippen LogP contribution in [-0.4, -0.2) is 23.5 Å². The summed E-state index contributed by atoms with van der Waals surface area (Å²) in [6.45, 7) is 5.65. The molecule has 0 aromatic heterocycles. The van der Waals surface area contributed by atoms with Crippen LogP contribution in [0.1, 0.15) is 45.1 Å². The number of carbonyl (C=O) groups excluding carboxylic acids is 1. The van der Waals surface area contributed by atoms with Gasteiger partial charge in [0.1, 0.15) is 0 Å². The van der Waals surface area contributed by atoms with E-state index < -0.39 is 11.4 Å². The second-order valence-electron chi connectivity index (χ2n) is 5.28. The van der Waals surface area contributed by atoms with Gasteiger partial charge in [-0.2, -0.15) is 0 Å². The van der Waals surface area contributed by atoms with Crippen molar-refractivity contribution >= 4 is 27.8 Å². The van der Waals surface area contributed by atoms with Crippen molar-refractivity contribution < 1.29 is 14.7 Å². The summed E-state index contributed by atoms with van der Waals surface area (Å²) in [4.78, 5) is 23.6. The number of carboxylic acids is 1. The van der Waals surface area contributed by atoms with E-state index in [-0.39, 0.29) is 18.4 Å². The minimum Gasteiger partial charge on any atom is -0.481 e. The van der Waals surface area contributed by atoms with Gasteiger partial charge in [-0.15, -0.1) is 0 Å². The van der Waals surface area contributed by atoms with Crippen LogP contribution in [0.2, 0.25) is 0 Å². The summed E-state index contributed by atoms with van der Waals surface area (Å²) in [5, 5.41) is 12.2. The van der Waals surface area contributed by atoms with E-state index in [1.54, 1.807) is 0 Å². The van der Waals surface area contributed by atoms with Gasteiger partial charge in [0, 0.05) is 11.0 Å². The van der Waals surface area contributed by atoms with Crippen molar-refractivity contribution in [3.05, 3.63) is 34.3 Å². The number of benzene rings is 1. The molecule has 0 fully saturated rings. The first-order chi connectivity index (χ1) is 9.86. The predicted octanol–water partition coefficient (Wildman–Crippen LogP) is 3.56. The van der Waals surface area contributed by atoms with Crippen molar-refractivity contribution in [2.45, 2.75) is 39.5 Å². The fourth-order valence-electron chi connectivity index (χ4n) is 2.19. The van der Waals surface area contributed by atoms with Gasteiger partial charge in [-0.05, 0) is 37.5 Å². The lowest BCUT2D eigenvalue weighted by atomic mass is 9.82. The topological polar surface area (TPSA) is 66.4 Å². The van der Waals surface area contributed by atoms with Crippen LogP contribution in [0.15, 0.2) is 28.7 Å². The molecule has 0 aliphatic carbocycles. The Morgan fingerprint density at radius 2 is 1.76 bits per heavy atom. The first-order valence-corrected chi connectivity index (χ1v) is 7.92. The Balaban J connectivity index is 2.72. The van der Waals surface area contributed by atoms with Crippen molar-refractivity contribution in [2.24, 2.45) is 5.41 Å². The van der Waals surface area contributed by atoms with E-state index in [2.05, 4.69) is 21.2 Å². The van der Waals surface area contributed by atoms with Crippen molar-refractivity contribution in [1.29, 1.82) is 0 Å². The normalized spacial score (nSPS) is 12.8. The van der Waals surface area contributed by atoms with E-state index in [1.165, 1.54) is 0 Å². The Labute approximate surface area is 134 Å². The Morgan fingerprint density at radius 1 is 1.24 bits per heavy atom. The average molecular weight is 356 g/mol. The van der Waals surface area contributed by atoms with Gasteiger partial charge in [-0.1, -0.05) is 41.9 Å². The molecule has 1 unspecified atom stereocenters. The number of carboxylic acid groups (broad SMARTS) is 1. The largest absolute Gasteiger partial charge is 0.481 e. The summed E-state index contributed by atoms with van der Waals surface area (Å²) in [6, 6.07) is 7.55. The molecule has 1 aromatic rings. The minimum atomic E-state index is -0.880. The maximum absolute atomic E-state index is 12.2. The Morgan fingerprint density at radius 3 is 2.19 bits per heavy atom. The number of carbonyl (C=O) groups is 2. The fourth-order valence-corrected chi connectivity index (χ4v) is 2.45. The van der Waals surface area contributed by atoms with Gasteiger partial charge in [0.25, 0.3) is 0 Å². The highest BCUT2D eigenvalue weighted by atomic mass is 79.9. The van der Waals surface area contributed by atoms with Gasteiger partial charge in [0.2, 0.25) is 5.91 Å². The third-order valence-electron chi connectivity index (χ3n) is 4.17. The standard InChI is InChI=1S/C16H22BrNO3/c1-4-16(5-2,15(20)21)10-18-14(19)11(3)12-6-8-13(17)9-7-12/h6-9,11H,4-5,10H2,1-3H3,(H,18,19)(H,20,21). The van der Waals surface area contributed by atoms with E-state index in [0.29, 0.717) is 12.8 Å². The fraction of sp³-hybridized carbons (Fsp3) is 0.500. The molecule has 0 bridgehead atoms. The van der Waals surface area contributed by atoms with Gasteiger partial charge >= 0.3 is 5.97 Å². The molecule has 1 amide bonds. The van der Waals surface area contributed by atoms with Gasteiger partial charge in [-0.25, -0.2) is 0 Å². The van der Waals surface area contributed by atoms with E-state index in [0.717, 1.165) is 10.0 Å². The van der Waals surface area contributed by atoms with Crippen LogP contribution in [-0.2, 0) is 9.59 Å². The maximum atomic E-state index is 12.2. The first kappa shape index (κ1) is 17.7. The van der Waals surface area contributed by atoms with E-state index >= 15 is 0 Å². The molecule has 0 saturated carbocycles. The van der Waals surface area contributed by atoms with Crippen molar-refractivity contribution in [1.82, 2.24) is 5.32 Å². The Kier molecular flexibility index (Phi) is 6.40. The SMILES string of the molecule is CCC(CC)(CNC(=O)C(C)c1ccc(Br)cc1)C(=O)O. The van der Waals surface area contributed by atoms with Crippen molar-refractivity contribution in [3.63, 3.8) is 0 Å². The number of aliphatic carboxylic acids is 1. The van der Waals surface area contributed by atoms with Crippen LogP contribution >= 0.6 is 15.9 Å². The molecule has 5 heteroatoms. The number of halogens is 1. The van der Waals surface area contributed by atoms with Crippen LogP contribution in [0, 0.1) is 5.41 Å². The van der Waals surface area contributed by atoms with Crippen molar-refractivity contribution in [3.8, 4) is 0 Å². The molecule has 21 heavy (non-hydrogen) atoms. The molecule has 1 rings (SSSR count). The number of hydrogen-bond donors (Lipinski definition) is 2. The van der Waals surface area contributed by atoms with Crippen LogP contribution < -0.4 is 5.32 Å². The number of hydrogen-bond acceptors (Lipinski definition) is 2. The minimum absolute atomic E-state index is 0.148. The highest BCUT2D eigenvalue weighted by molar-refractivity contribution is 9.10. The highest BCUT2D eigenvalue weighted by Gasteiger charge is 2.35. The van der Waals surface area contributed by atoms with Crippen LogP contribution in [0.4, 0.5) is 0 Å². The molecule has 0 aliphatic rings. The molecule has 116 valence electrons. The molecule has 2 N–H and O–H groups in total.